The number of quaternary nitrogens is 1. The van der Waals surface area contributed by atoms with Gasteiger partial charge in [-0.2, -0.15) is 8.42 Å². The molecule has 0 aliphatic carbocycles. The second-order valence-corrected chi connectivity index (χ2v) is 10.6. The van der Waals surface area contributed by atoms with Crippen LogP contribution < -0.4 is 0 Å². The van der Waals surface area contributed by atoms with E-state index in [1.165, 1.54) is 51.4 Å². The Hall–Kier alpha value is -0.990. The lowest BCUT2D eigenvalue weighted by Crippen LogP contribution is -2.57. The maximum absolute atomic E-state index is 13.6. The zero-order valence-electron chi connectivity index (χ0n) is 19.3. The molecule has 0 aliphatic rings. The van der Waals surface area contributed by atoms with Crippen molar-refractivity contribution in [3.8, 4) is 0 Å². The zero-order chi connectivity index (χ0) is 23.0. The van der Waals surface area contributed by atoms with Crippen LogP contribution in [-0.4, -0.2) is 67.1 Å². The molecule has 0 aromatic heterocycles. The molecular weight excluding hydrogens is 414 g/mol. The van der Waals surface area contributed by atoms with Crippen LogP contribution >= 0.6 is 0 Å². The summed E-state index contributed by atoms with van der Waals surface area (Å²) in [7, 11) is -3.88. The molecule has 7 heteroatoms. The van der Waals surface area contributed by atoms with Gasteiger partial charge in [-0.15, -0.1) is 0 Å². The first-order chi connectivity index (χ1) is 15.0. The topological polar surface area (TPSA) is 94.8 Å². The van der Waals surface area contributed by atoms with Crippen LogP contribution in [0.3, 0.4) is 0 Å². The molecule has 3 N–H and O–H groups in total. The standard InChI is InChI=1S/C24H44NO5S/c1-2-3-4-5-6-7-8-9-10-11-14-23-15-12-13-16-24(23)31(29,30)25(17-20-26,18-21-27)19-22-28/h12-13,15-16,26-28H,2-11,14,17-22H2,1H3/q+1. The van der Waals surface area contributed by atoms with Gasteiger partial charge < -0.3 is 15.3 Å². The Bertz CT molecular complexity index is 676. The monoisotopic (exact) mass is 458 g/mol. The van der Waals surface area contributed by atoms with Gasteiger partial charge in [0.05, 0.1) is 19.8 Å². The summed E-state index contributed by atoms with van der Waals surface area (Å²) < 4.78 is 26.6. The van der Waals surface area contributed by atoms with Crippen molar-refractivity contribution in [1.29, 1.82) is 0 Å². The number of aliphatic hydroxyl groups is 3. The first-order valence-electron chi connectivity index (χ1n) is 12.0. The molecule has 0 saturated heterocycles. The molecule has 0 heterocycles. The smallest absolute Gasteiger partial charge is 0.327 e. The summed E-state index contributed by atoms with van der Waals surface area (Å²) in [4.78, 5) is 0.251. The molecule has 0 fully saturated rings. The van der Waals surface area contributed by atoms with E-state index in [1.54, 1.807) is 12.1 Å². The van der Waals surface area contributed by atoms with Crippen molar-refractivity contribution in [2.45, 2.75) is 82.4 Å². The Kier molecular flexibility index (Phi) is 14.3. The van der Waals surface area contributed by atoms with Crippen molar-refractivity contribution < 1.29 is 27.6 Å². The summed E-state index contributed by atoms with van der Waals surface area (Å²) in [5.41, 5.74) is 0.776. The van der Waals surface area contributed by atoms with E-state index in [0.717, 1.165) is 18.4 Å². The molecule has 0 saturated carbocycles. The van der Waals surface area contributed by atoms with E-state index in [0.29, 0.717) is 6.42 Å². The number of aryl methyl sites for hydroxylation is 1. The quantitative estimate of drug-likeness (QED) is 0.217. The lowest BCUT2D eigenvalue weighted by Gasteiger charge is -2.36. The van der Waals surface area contributed by atoms with Crippen LogP contribution in [0.25, 0.3) is 0 Å². The van der Waals surface area contributed by atoms with Crippen LogP contribution in [0.5, 0.6) is 0 Å². The summed E-state index contributed by atoms with van der Waals surface area (Å²) in [6.07, 6.45) is 12.9. The predicted molar refractivity (Wildman–Crippen MR) is 125 cm³/mol. The highest BCUT2D eigenvalue weighted by atomic mass is 32.2. The maximum atomic E-state index is 13.6. The first kappa shape index (κ1) is 28.0. The van der Waals surface area contributed by atoms with Crippen LogP contribution in [0.1, 0.15) is 76.7 Å². The zero-order valence-corrected chi connectivity index (χ0v) is 20.2. The van der Waals surface area contributed by atoms with E-state index in [9.17, 15) is 23.7 Å². The minimum absolute atomic E-state index is 0.0595. The van der Waals surface area contributed by atoms with Gasteiger partial charge in [0.2, 0.25) is 0 Å². The van der Waals surface area contributed by atoms with Crippen molar-refractivity contribution in [3.05, 3.63) is 29.8 Å². The van der Waals surface area contributed by atoms with Gasteiger partial charge in [0.25, 0.3) is 0 Å². The van der Waals surface area contributed by atoms with E-state index < -0.39 is 13.9 Å². The number of sulfonamides is 1. The fraction of sp³-hybridized carbons (Fsp3) is 0.750. The molecule has 0 amide bonds. The molecule has 0 atom stereocenters. The second kappa shape index (κ2) is 15.8. The predicted octanol–water partition coefficient (Wildman–Crippen LogP) is 3.63. The molecule has 0 radical (unpaired) electrons. The number of aliphatic hydroxyl groups excluding tert-OH is 3. The summed E-state index contributed by atoms with van der Waals surface area (Å²) in [6, 6.07) is 7.02. The summed E-state index contributed by atoms with van der Waals surface area (Å²) in [5.74, 6) is 0. The van der Waals surface area contributed by atoms with Gasteiger partial charge in [-0.25, -0.2) is 3.89 Å². The molecular formula is C24H44NO5S+. The van der Waals surface area contributed by atoms with E-state index in [2.05, 4.69) is 6.92 Å². The van der Waals surface area contributed by atoms with Crippen molar-refractivity contribution in [3.63, 3.8) is 0 Å². The summed E-state index contributed by atoms with van der Waals surface area (Å²) in [6.45, 7) is 1.05. The SMILES string of the molecule is CCCCCCCCCCCCc1ccccc1S(=O)(=O)[N+](CCO)(CCO)CCO. The van der Waals surface area contributed by atoms with Gasteiger partial charge in [0.1, 0.15) is 24.5 Å². The Morgan fingerprint density at radius 2 is 1.16 bits per heavy atom. The molecule has 6 nitrogen and oxygen atoms in total. The van der Waals surface area contributed by atoms with Gasteiger partial charge in [-0.3, -0.25) is 0 Å². The maximum Gasteiger partial charge on any atom is 0.327 e. The third-order valence-electron chi connectivity index (χ3n) is 6.08. The third-order valence-corrected chi connectivity index (χ3v) is 8.60. The lowest BCUT2D eigenvalue weighted by molar-refractivity contribution is -0.808. The molecule has 31 heavy (non-hydrogen) atoms. The Balaban J connectivity index is 2.73. The number of unbranched alkanes of at least 4 members (excludes halogenated alkanes) is 9. The minimum atomic E-state index is -3.88. The van der Waals surface area contributed by atoms with Gasteiger partial charge >= 0.3 is 10.0 Å². The van der Waals surface area contributed by atoms with Gasteiger partial charge in [0.15, 0.2) is 0 Å². The molecule has 1 rings (SSSR count). The molecule has 0 bridgehead atoms. The molecule has 180 valence electrons. The van der Waals surface area contributed by atoms with Crippen LogP contribution in [0, 0.1) is 0 Å². The highest BCUT2D eigenvalue weighted by molar-refractivity contribution is 7.86. The number of benzene rings is 1. The van der Waals surface area contributed by atoms with Crippen LogP contribution in [0.2, 0.25) is 0 Å². The number of hydrogen-bond donors (Lipinski definition) is 3. The van der Waals surface area contributed by atoms with Gasteiger partial charge in [-0.05, 0) is 24.5 Å². The van der Waals surface area contributed by atoms with E-state index in [4.69, 9.17) is 0 Å². The average molecular weight is 459 g/mol. The van der Waals surface area contributed by atoms with Crippen molar-refractivity contribution in [1.82, 2.24) is 0 Å². The van der Waals surface area contributed by atoms with Crippen LogP contribution in [0.15, 0.2) is 29.2 Å². The fourth-order valence-corrected chi connectivity index (χ4v) is 6.35. The molecule has 0 spiro atoms. The van der Waals surface area contributed by atoms with Crippen molar-refractivity contribution in [2.24, 2.45) is 0 Å². The summed E-state index contributed by atoms with van der Waals surface area (Å²) in [5, 5.41) is 28.5. The molecule has 0 unspecified atom stereocenters. The normalized spacial score (nSPS) is 12.4. The average Bonchev–Trinajstić information content (AvgIpc) is 2.75. The Labute approximate surface area is 189 Å². The van der Waals surface area contributed by atoms with Gasteiger partial charge in [-0.1, -0.05) is 82.9 Å². The Morgan fingerprint density at radius 1 is 0.710 bits per heavy atom. The van der Waals surface area contributed by atoms with Crippen molar-refractivity contribution in [2.75, 3.05) is 39.5 Å². The second-order valence-electron chi connectivity index (χ2n) is 8.41. The van der Waals surface area contributed by atoms with Crippen LogP contribution in [0.4, 0.5) is 0 Å². The highest BCUT2D eigenvalue weighted by Crippen LogP contribution is 2.28. The highest BCUT2D eigenvalue weighted by Gasteiger charge is 2.43. The lowest BCUT2D eigenvalue weighted by atomic mass is 10.0. The number of rotatable bonds is 19. The molecule has 1 aromatic carbocycles. The van der Waals surface area contributed by atoms with Gasteiger partial charge in [0, 0.05) is 0 Å². The minimum Gasteiger partial charge on any atom is -0.390 e. The summed E-state index contributed by atoms with van der Waals surface area (Å²) >= 11 is 0. The number of hydrogen-bond acceptors (Lipinski definition) is 5. The molecule has 0 aliphatic heterocycles. The first-order valence-corrected chi connectivity index (χ1v) is 13.4. The van der Waals surface area contributed by atoms with E-state index in [1.807, 2.05) is 12.1 Å². The number of nitrogens with zero attached hydrogens (tertiary/aromatic N) is 1. The van der Waals surface area contributed by atoms with Crippen molar-refractivity contribution >= 4 is 10.0 Å². The Morgan fingerprint density at radius 3 is 1.65 bits per heavy atom. The van der Waals surface area contributed by atoms with E-state index >= 15 is 0 Å². The van der Waals surface area contributed by atoms with Crippen LogP contribution in [-0.2, 0) is 16.4 Å². The third kappa shape index (κ3) is 8.81. The fourth-order valence-electron chi connectivity index (χ4n) is 4.22. The van der Waals surface area contributed by atoms with E-state index in [-0.39, 0.29) is 44.4 Å². The largest absolute Gasteiger partial charge is 0.390 e. The molecule has 1 aromatic rings.